The maximum atomic E-state index is 13.0. The molecular weight excluding hydrogens is 347 g/mol. The van der Waals surface area contributed by atoms with Gasteiger partial charge in [-0.15, -0.1) is 24.8 Å². The first-order valence-corrected chi connectivity index (χ1v) is 8.43. The number of aromatic nitrogens is 1. The summed E-state index contributed by atoms with van der Waals surface area (Å²) in [6.45, 7) is 4.73. The normalized spacial score (nSPS) is 20.3. The van der Waals surface area contributed by atoms with Crippen molar-refractivity contribution in [2.75, 3.05) is 44.7 Å². The van der Waals surface area contributed by atoms with E-state index in [1.54, 1.807) is 6.20 Å². The van der Waals surface area contributed by atoms with Crippen molar-refractivity contribution in [1.29, 1.82) is 0 Å². The van der Waals surface area contributed by atoms with Gasteiger partial charge in [0.15, 0.2) is 0 Å². The Bertz CT molecular complexity index is 521. The van der Waals surface area contributed by atoms with Gasteiger partial charge < -0.3 is 15.1 Å². The lowest BCUT2D eigenvalue weighted by molar-refractivity contribution is 0.0674. The van der Waals surface area contributed by atoms with E-state index in [0.29, 0.717) is 5.92 Å². The van der Waals surface area contributed by atoms with Gasteiger partial charge in [0.2, 0.25) is 0 Å². The van der Waals surface area contributed by atoms with Gasteiger partial charge in [-0.1, -0.05) is 0 Å². The van der Waals surface area contributed by atoms with Crippen molar-refractivity contribution in [1.82, 2.24) is 15.2 Å². The van der Waals surface area contributed by atoms with Crippen molar-refractivity contribution in [2.24, 2.45) is 5.92 Å². The van der Waals surface area contributed by atoms with Gasteiger partial charge in [0.05, 0.1) is 5.56 Å². The zero-order valence-electron chi connectivity index (χ0n) is 14.2. The van der Waals surface area contributed by atoms with E-state index in [1.165, 1.54) is 19.3 Å². The summed E-state index contributed by atoms with van der Waals surface area (Å²) in [6, 6.07) is 3.81. The number of amides is 1. The van der Waals surface area contributed by atoms with E-state index in [-0.39, 0.29) is 30.7 Å². The molecule has 1 aromatic rings. The van der Waals surface area contributed by atoms with E-state index in [2.05, 4.69) is 15.2 Å². The fraction of sp³-hybridized carbons (Fsp3) is 0.647. The Morgan fingerprint density at radius 1 is 1.25 bits per heavy atom. The maximum absolute atomic E-state index is 13.0. The second-order valence-corrected chi connectivity index (χ2v) is 6.39. The van der Waals surface area contributed by atoms with E-state index in [9.17, 15) is 4.79 Å². The average molecular weight is 375 g/mol. The molecule has 2 aliphatic heterocycles. The van der Waals surface area contributed by atoms with Crippen molar-refractivity contribution in [3.63, 3.8) is 0 Å². The number of halogens is 2. The minimum absolute atomic E-state index is 0. The molecule has 1 atom stereocenters. The fourth-order valence-electron chi connectivity index (χ4n) is 3.62. The summed E-state index contributed by atoms with van der Waals surface area (Å²) >= 11 is 0. The highest BCUT2D eigenvalue weighted by Crippen LogP contribution is 2.25. The van der Waals surface area contributed by atoms with Gasteiger partial charge in [0.1, 0.15) is 5.82 Å². The Labute approximate surface area is 157 Å². The summed E-state index contributed by atoms with van der Waals surface area (Å²) < 4.78 is 0. The summed E-state index contributed by atoms with van der Waals surface area (Å²) in [5, 5.41) is 3.23. The fourth-order valence-corrected chi connectivity index (χ4v) is 3.62. The molecule has 2 fully saturated rings. The second-order valence-electron chi connectivity index (χ2n) is 6.39. The molecule has 1 aromatic heterocycles. The standard InChI is InChI=1S/C17H26N4O.2ClH/c1-18-12-14-6-5-11-21(13-14)17(22)15-7-4-8-19-16(15)20-9-2-3-10-20;;/h4,7-8,14,18H,2-3,5-6,9-13H2,1H3;2*1H. The summed E-state index contributed by atoms with van der Waals surface area (Å²) in [5.74, 6) is 1.59. The molecule has 0 radical (unpaired) electrons. The highest BCUT2D eigenvalue weighted by atomic mass is 35.5. The van der Waals surface area contributed by atoms with E-state index >= 15 is 0 Å². The number of anilines is 1. The number of carbonyl (C=O) groups excluding carboxylic acids is 1. The van der Waals surface area contributed by atoms with Gasteiger partial charge in [-0.3, -0.25) is 4.79 Å². The van der Waals surface area contributed by atoms with Crippen LogP contribution in [0.2, 0.25) is 0 Å². The molecule has 0 aromatic carbocycles. The summed E-state index contributed by atoms with van der Waals surface area (Å²) in [7, 11) is 1.98. The lowest BCUT2D eigenvalue weighted by Gasteiger charge is -2.33. The quantitative estimate of drug-likeness (QED) is 0.879. The Morgan fingerprint density at radius 3 is 2.71 bits per heavy atom. The monoisotopic (exact) mass is 374 g/mol. The Hall–Kier alpha value is -1.04. The minimum atomic E-state index is 0. The Balaban J connectivity index is 0.00000144. The molecule has 24 heavy (non-hydrogen) atoms. The average Bonchev–Trinajstić information content (AvgIpc) is 3.09. The Morgan fingerprint density at radius 2 is 2.00 bits per heavy atom. The molecule has 1 N–H and O–H groups in total. The predicted molar refractivity (Wildman–Crippen MR) is 103 cm³/mol. The van der Waals surface area contributed by atoms with Crippen molar-refractivity contribution < 1.29 is 4.79 Å². The Kier molecular flexibility index (Phi) is 8.81. The van der Waals surface area contributed by atoms with Crippen LogP contribution in [-0.4, -0.2) is 55.6 Å². The number of likely N-dealkylation sites (tertiary alicyclic amines) is 1. The van der Waals surface area contributed by atoms with Gasteiger partial charge in [0.25, 0.3) is 5.91 Å². The summed E-state index contributed by atoms with van der Waals surface area (Å²) in [4.78, 5) is 21.7. The van der Waals surface area contributed by atoms with Gasteiger partial charge in [0, 0.05) is 32.4 Å². The second kappa shape index (κ2) is 10.1. The number of pyridine rings is 1. The van der Waals surface area contributed by atoms with E-state index in [1.807, 2.05) is 24.1 Å². The molecule has 136 valence electrons. The van der Waals surface area contributed by atoms with Crippen LogP contribution in [-0.2, 0) is 0 Å². The molecular formula is C17H28Cl2N4O. The van der Waals surface area contributed by atoms with Crippen LogP contribution in [0.1, 0.15) is 36.0 Å². The van der Waals surface area contributed by atoms with Gasteiger partial charge in [-0.25, -0.2) is 4.98 Å². The molecule has 1 amide bonds. The van der Waals surface area contributed by atoms with Crippen LogP contribution >= 0.6 is 24.8 Å². The molecule has 1 unspecified atom stereocenters. The zero-order valence-corrected chi connectivity index (χ0v) is 15.9. The van der Waals surface area contributed by atoms with Crippen LogP contribution in [0.3, 0.4) is 0 Å². The first-order chi connectivity index (χ1) is 10.8. The SMILES string of the molecule is CNCC1CCCN(C(=O)c2cccnc2N2CCCC2)C1.Cl.Cl. The number of rotatable bonds is 4. The number of nitrogens with one attached hydrogen (secondary N) is 1. The molecule has 3 heterocycles. The molecule has 0 bridgehead atoms. The third-order valence-corrected chi connectivity index (χ3v) is 4.72. The molecule has 5 nitrogen and oxygen atoms in total. The van der Waals surface area contributed by atoms with Crippen molar-refractivity contribution >= 4 is 36.5 Å². The third kappa shape index (κ3) is 4.74. The van der Waals surface area contributed by atoms with Gasteiger partial charge in [-0.05, 0) is 57.3 Å². The largest absolute Gasteiger partial charge is 0.356 e. The maximum Gasteiger partial charge on any atom is 0.257 e. The number of piperidine rings is 1. The minimum Gasteiger partial charge on any atom is -0.356 e. The highest BCUT2D eigenvalue weighted by molar-refractivity contribution is 5.99. The van der Waals surface area contributed by atoms with Crippen LogP contribution in [0.4, 0.5) is 5.82 Å². The van der Waals surface area contributed by atoms with E-state index in [4.69, 9.17) is 0 Å². The molecule has 0 spiro atoms. The van der Waals surface area contributed by atoms with Crippen LogP contribution in [0.25, 0.3) is 0 Å². The third-order valence-electron chi connectivity index (χ3n) is 4.72. The van der Waals surface area contributed by atoms with Crippen molar-refractivity contribution in [2.45, 2.75) is 25.7 Å². The first-order valence-electron chi connectivity index (χ1n) is 8.43. The lowest BCUT2D eigenvalue weighted by atomic mass is 9.97. The number of nitrogens with zero attached hydrogens (tertiary/aromatic N) is 3. The zero-order chi connectivity index (χ0) is 15.4. The molecule has 0 aliphatic carbocycles. The summed E-state index contributed by atoms with van der Waals surface area (Å²) in [6.07, 6.45) is 6.48. The predicted octanol–water partition coefficient (Wildman–Crippen LogP) is 2.60. The van der Waals surface area contributed by atoms with Crippen molar-refractivity contribution in [3.05, 3.63) is 23.9 Å². The molecule has 3 rings (SSSR count). The van der Waals surface area contributed by atoms with E-state index in [0.717, 1.165) is 50.5 Å². The van der Waals surface area contributed by atoms with Crippen molar-refractivity contribution in [3.8, 4) is 0 Å². The topological polar surface area (TPSA) is 48.5 Å². The number of hydrogen-bond donors (Lipinski definition) is 1. The van der Waals surface area contributed by atoms with Crippen LogP contribution in [0.5, 0.6) is 0 Å². The number of hydrogen-bond acceptors (Lipinski definition) is 4. The lowest BCUT2D eigenvalue weighted by Crippen LogP contribution is -2.43. The van der Waals surface area contributed by atoms with Crippen LogP contribution < -0.4 is 10.2 Å². The molecule has 0 saturated carbocycles. The molecule has 7 heteroatoms. The van der Waals surface area contributed by atoms with Crippen LogP contribution in [0.15, 0.2) is 18.3 Å². The van der Waals surface area contributed by atoms with Crippen LogP contribution in [0, 0.1) is 5.92 Å². The van der Waals surface area contributed by atoms with Gasteiger partial charge >= 0.3 is 0 Å². The van der Waals surface area contributed by atoms with Gasteiger partial charge in [-0.2, -0.15) is 0 Å². The number of carbonyl (C=O) groups is 1. The van der Waals surface area contributed by atoms with E-state index < -0.39 is 0 Å². The molecule has 2 aliphatic rings. The summed E-state index contributed by atoms with van der Waals surface area (Å²) in [5.41, 5.74) is 0.773. The first kappa shape index (κ1) is 21.0. The molecule has 2 saturated heterocycles. The highest BCUT2D eigenvalue weighted by Gasteiger charge is 2.27. The smallest absolute Gasteiger partial charge is 0.257 e.